The van der Waals surface area contributed by atoms with Crippen molar-refractivity contribution in [1.29, 1.82) is 0 Å². The Hall–Kier alpha value is 2.94. The van der Waals surface area contributed by atoms with Crippen molar-refractivity contribution in [2.75, 3.05) is 0 Å². The second kappa shape index (κ2) is 14.5. The number of hydrogen-bond acceptors (Lipinski definition) is 2. The third-order valence-electron chi connectivity index (χ3n) is 3.02. The molecule has 1 atom stereocenters. The van der Waals surface area contributed by atoms with E-state index in [1.54, 1.807) is 0 Å². The fourth-order valence-electron chi connectivity index (χ4n) is 2.24. The van der Waals surface area contributed by atoms with Gasteiger partial charge in [-0.3, -0.25) is 0 Å². The molecule has 0 heterocycles. The number of rotatable bonds is 8. The third-order valence-corrected chi connectivity index (χ3v) is 3.02. The van der Waals surface area contributed by atoms with Crippen molar-refractivity contribution in [2.24, 2.45) is 11.3 Å². The van der Waals surface area contributed by atoms with Gasteiger partial charge in [-0.2, -0.15) is 0 Å². The van der Waals surface area contributed by atoms with Crippen LogP contribution in [0.25, 0.3) is 0 Å². The van der Waals surface area contributed by atoms with Crippen LogP contribution in [0.2, 0.25) is 0 Å². The number of carbonyl (C=O) groups is 1. The first-order valence-electron chi connectivity index (χ1n) is 6.32. The Morgan fingerprint density at radius 2 is 1.58 bits per heavy atom. The summed E-state index contributed by atoms with van der Waals surface area (Å²) >= 11 is 0. The molecule has 0 aromatic carbocycles. The third kappa shape index (κ3) is 20.9. The second-order valence-electron chi connectivity index (χ2n) is 6.55. The van der Waals surface area contributed by atoms with E-state index in [1.807, 2.05) is 13.8 Å². The number of hydrogen-bond donors (Lipinski definition) is 1. The summed E-state index contributed by atoms with van der Waals surface area (Å²) in [6.45, 7) is 10.2. The van der Waals surface area contributed by atoms with E-state index in [4.69, 9.17) is 0 Å². The summed E-state index contributed by atoms with van der Waals surface area (Å²) in [5.41, 5.74) is -0.423. The minimum atomic E-state index is -0.544. The molecular weight excluding hydrogens is 467 g/mol. The van der Waals surface area contributed by atoms with E-state index in [0.717, 1.165) is 32.0 Å². The van der Waals surface area contributed by atoms with Crippen molar-refractivity contribution in [1.82, 2.24) is 0 Å². The number of aldehydes is 1. The zero-order valence-corrected chi connectivity index (χ0v) is 21.8. The normalized spacial score (nSPS) is 12.5. The topological polar surface area (TPSA) is 37.3 Å². The number of carbonyl (C=O) groups excluding carboxylic acids is 1. The molecule has 1 unspecified atom stereocenters. The summed E-state index contributed by atoms with van der Waals surface area (Å²) in [6.07, 6.45) is 5.78. The van der Waals surface area contributed by atoms with E-state index < -0.39 is 5.60 Å². The van der Waals surface area contributed by atoms with Crippen LogP contribution in [-0.2, 0) is 103 Å². The van der Waals surface area contributed by atoms with Crippen LogP contribution in [0.1, 0.15) is 66.7 Å². The Morgan fingerprint density at radius 3 is 1.95 bits per heavy atom. The van der Waals surface area contributed by atoms with Crippen molar-refractivity contribution in [2.45, 2.75) is 72.3 Å². The quantitative estimate of drug-likeness (QED) is 0.524. The van der Waals surface area contributed by atoms with Crippen LogP contribution in [-0.4, -0.2) is 17.0 Å². The molecule has 0 spiro atoms. The summed E-state index contributed by atoms with van der Waals surface area (Å²) in [5, 5.41) is 9.60. The maximum absolute atomic E-state index is 10.5. The molecule has 0 aromatic rings. The van der Waals surface area contributed by atoms with Crippen LogP contribution < -0.4 is 0 Å². The average Bonchev–Trinajstić information content (AvgIpc) is 1.99. The molecule has 0 fully saturated rings. The fourth-order valence-corrected chi connectivity index (χ4v) is 2.24. The predicted molar refractivity (Wildman–Crippen MR) is 68.4 cm³/mol. The summed E-state index contributed by atoms with van der Waals surface area (Å²) < 4.78 is 0. The Morgan fingerprint density at radius 1 is 1.11 bits per heavy atom. The van der Waals surface area contributed by atoms with Crippen molar-refractivity contribution >= 4 is 6.29 Å². The summed E-state index contributed by atoms with van der Waals surface area (Å²) in [7, 11) is 0. The van der Waals surface area contributed by atoms with E-state index >= 15 is 0 Å². The predicted octanol–water partition coefficient (Wildman–Crippen LogP) is 3.56. The van der Waals surface area contributed by atoms with Crippen LogP contribution in [0.4, 0.5) is 0 Å². The standard InChI is InChI=1S/C14H28O2.3Y/c1-12(7-6-8-14(4,5)16)11-13(2,3)9-10-15;;;/h10,12,16H,6-9,11H2,1-5H3;;;. The molecule has 0 amide bonds. The first-order valence-corrected chi connectivity index (χ1v) is 6.32. The van der Waals surface area contributed by atoms with Crippen LogP contribution in [0.15, 0.2) is 0 Å². The van der Waals surface area contributed by atoms with Gasteiger partial charge in [-0.25, -0.2) is 0 Å². The van der Waals surface area contributed by atoms with E-state index in [1.165, 1.54) is 0 Å². The van der Waals surface area contributed by atoms with Gasteiger partial charge in [0.15, 0.2) is 0 Å². The molecular formula is C14H28O2Y3. The van der Waals surface area contributed by atoms with E-state index in [2.05, 4.69) is 20.8 Å². The second-order valence-corrected chi connectivity index (χ2v) is 6.55. The molecule has 19 heavy (non-hydrogen) atoms. The van der Waals surface area contributed by atoms with Crippen molar-refractivity contribution < 1.29 is 108 Å². The minimum Gasteiger partial charge on any atom is -0.390 e. The van der Waals surface area contributed by atoms with E-state index in [9.17, 15) is 9.90 Å². The van der Waals surface area contributed by atoms with Crippen LogP contribution in [0, 0.1) is 11.3 Å². The number of aliphatic hydroxyl groups is 1. The molecule has 0 aliphatic rings. The van der Waals surface area contributed by atoms with E-state index in [0.29, 0.717) is 12.3 Å². The first-order chi connectivity index (χ1) is 7.16. The van der Waals surface area contributed by atoms with Crippen LogP contribution in [0.5, 0.6) is 0 Å². The SMILES string of the molecule is CC(CCCC(C)(C)O)CC(C)(C)CC=O.[Y].[Y].[Y]. The molecule has 0 bridgehead atoms. The first kappa shape index (κ1) is 29.9. The Bertz CT molecular complexity index is 213. The average molecular weight is 495 g/mol. The molecule has 0 saturated heterocycles. The Kier molecular flexibility index (Phi) is 22.9. The molecule has 0 rings (SSSR count). The van der Waals surface area contributed by atoms with Gasteiger partial charge in [0.1, 0.15) is 6.29 Å². The van der Waals surface area contributed by atoms with Gasteiger partial charge < -0.3 is 9.90 Å². The van der Waals surface area contributed by atoms with Gasteiger partial charge in [0.25, 0.3) is 0 Å². The molecule has 2 nitrogen and oxygen atoms in total. The summed E-state index contributed by atoms with van der Waals surface area (Å²) in [4.78, 5) is 10.5. The zero-order chi connectivity index (χ0) is 12.8. The molecule has 1 N–H and O–H groups in total. The van der Waals surface area contributed by atoms with Gasteiger partial charge in [-0.05, 0) is 38.0 Å². The van der Waals surface area contributed by atoms with Gasteiger partial charge >= 0.3 is 0 Å². The molecule has 5 heteroatoms. The van der Waals surface area contributed by atoms with E-state index in [-0.39, 0.29) is 104 Å². The summed E-state index contributed by atoms with van der Waals surface area (Å²) in [5.74, 6) is 0.622. The smallest absolute Gasteiger partial charge is 0.120 e. The Labute approximate surface area is 195 Å². The molecule has 0 aliphatic heterocycles. The zero-order valence-electron chi connectivity index (χ0n) is 13.3. The van der Waals surface area contributed by atoms with Crippen molar-refractivity contribution in [3.63, 3.8) is 0 Å². The van der Waals surface area contributed by atoms with Crippen LogP contribution >= 0.6 is 0 Å². The Balaban J connectivity index is -0.000000375. The maximum atomic E-state index is 10.5. The van der Waals surface area contributed by atoms with Gasteiger partial charge in [0, 0.05) is 105 Å². The minimum absolute atomic E-state index is 0. The largest absolute Gasteiger partial charge is 0.390 e. The van der Waals surface area contributed by atoms with Crippen molar-refractivity contribution in [3.8, 4) is 0 Å². The maximum Gasteiger partial charge on any atom is 0.120 e. The monoisotopic (exact) mass is 495 g/mol. The molecule has 0 aliphatic carbocycles. The molecule has 0 aromatic heterocycles. The van der Waals surface area contributed by atoms with Crippen molar-refractivity contribution in [3.05, 3.63) is 0 Å². The van der Waals surface area contributed by atoms with Gasteiger partial charge in [-0.1, -0.05) is 33.6 Å². The van der Waals surface area contributed by atoms with Crippen LogP contribution in [0.3, 0.4) is 0 Å². The van der Waals surface area contributed by atoms with Gasteiger partial charge in [0.05, 0.1) is 5.60 Å². The summed E-state index contributed by atoms with van der Waals surface area (Å²) in [6, 6.07) is 0. The van der Waals surface area contributed by atoms with Gasteiger partial charge in [0.2, 0.25) is 0 Å². The molecule has 105 valence electrons. The fraction of sp³-hybridized carbons (Fsp3) is 0.929. The molecule has 0 saturated carbocycles. The van der Waals surface area contributed by atoms with Gasteiger partial charge in [-0.15, -0.1) is 0 Å². The molecule has 3 radical (unpaired) electrons.